The summed E-state index contributed by atoms with van der Waals surface area (Å²) >= 11 is 0. The molecule has 0 saturated heterocycles. The van der Waals surface area contributed by atoms with Crippen molar-refractivity contribution >= 4 is 22.6 Å². The smallest absolute Gasteiger partial charge is 0.361 e. The van der Waals surface area contributed by atoms with Crippen LogP contribution in [0.25, 0.3) is 33.9 Å². The Balaban J connectivity index is 1.47. The molecule has 4 aromatic carbocycles. The fourth-order valence-electron chi connectivity index (χ4n) is 4.29. The van der Waals surface area contributed by atoms with E-state index < -0.39 is 0 Å². The first-order chi connectivity index (χ1) is 16.4. The van der Waals surface area contributed by atoms with Crippen LogP contribution in [0.15, 0.2) is 126 Å². The molecule has 0 N–H and O–H groups in total. The van der Waals surface area contributed by atoms with Gasteiger partial charge in [0.25, 0.3) is 0 Å². The van der Waals surface area contributed by atoms with Gasteiger partial charge in [0, 0.05) is 22.8 Å². The van der Waals surface area contributed by atoms with Crippen molar-refractivity contribution in [3.8, 4) is 22.8 Å². The predicted octanol–water partition coefficient (Wildman–Crippen LogP) is 8.63. The summed E-state index contributed by atoms with van der Waals surface area (Å²) in [5, 5.41) is 1.08. The summed E-state index contributed by atoms with van der Waals surface area (Å²) in [6.07, 6.45) is 6.43. The van der Waals surface area contributed by atoms with Crippen LogP contribution in [-0.4, -0.2) is 0 Å². The zero-order valence-corrected chi connectivity index (χ0v) is 17.9. The fourth-order valence-corrected chi connectivity index (χ4v) is 4.29. The Hall–Kier alpha value is -4.43. The second-order valence-electron chi connectivity index (χ2n) is 7.96. The van der Waals surface area contributed by atoms with Crippen molar-refractivity contribution in [1.82, 2.24) is 0 Å². The lowest BCUT2D eigenvalue weighted by Gasteiger charge is -2.22. The highest BCUT2D eigenvalue weighted by Gasteiger charge is 2.21. The molecule has 5 aromatic rings. The van der Waals surface area contributed by atoms with E-state index in [-0.39, 0.29) is 0 Å². The SMILES string of the molecule is C(/C=C/c1cc(-c2ccccc2)[o+]c2ccccc12)=C1c2ccccc2Oc2ccccc21. The molecule has 0 fully saturated rings. The van der Waals surface area contributed by atoms with Gasteiger partial charge in [0.15, 0.2) is 0 Å². The van der Waals surface area contributed by atoms with Crippen LogP contribution in [0.1, 0.15) is 16.7 Å². The topological polar surface area (TPSA) is 20.5 Å². The molecule has 0 aliphatic carbocycles. The summed E-state index contributed by atoms with van der Waals surface area (Å²) in [6, 6.07) is 36.8. The van der Waals surface area contributed by atoms with Gasteiger partial charge >= 0.3 is 11.3 Å². The first-order valence-electron chi connectivity index (χ1n) is 11.0. The normalized spacial score (nSPS) is 12.3. The van der Waals surface area contributed by atoms with Crippen LogP contribution in [0, 0.1) is 0 Å². The Morgan fingerprint density at radius 2 is 1.27 bits per heavy atom. The standard InChI is InChI=1S/C31H21O2/c1-2-11-22(12-3-1)31-21-23(24-14-4-7-18-28(24)33-31)13-10-17-25-26-15-5-8-19-29(26)32-30-20-9-6-16-27(25)30/h1-21H/q+1. The van der Waals surface area contributed by atoms with E-state index in [2.05, 4.69) is 54.6 Å². The van der Waals surface area contributed by atoms with Crippen molar-refractivity contribution < 1.29 is 9.15 Å². The Morgan fingerprint density at radius 3 is 2.03 bits per heavy atom. The number of ether oxygens (including phenoxy) is 1. The molecule has 156 valence electrons. The molecular formula is C31H21O2+. The highest BCUT2D eigenvalue weighted by Crippen LogP contribution is 2.43. The van der Waals surface area contributed by atoms with Crippen molar-refractivity contribution in [2.45, 2.75) is 0 Å². The van der Waals surface area contributed by atoms with Crippen molar-refractivity contribution in [3.63, 3.8) is 0 Å². The Bertz CT molecular complexity index is 1480. The Kier molecular flexibility index (Phi) is 4.82. The van der Waals surface area contributed by atoms with Crippen molar-refractivity contribution in [1.29, 1.82) is 0 Å². The lowest BCUT2D eigenvalue weighted by molar-refractivity contribution is 0.474. The van der Waals surface area contributed by atoms with Gasteiger partial charge in [0.05, 0.1) is 17.0 Å². The van der Waals surface area contributed by atoms with Crippen LogP contribution >= 0.6 is 0 Å². The van der Waals surface area contributed by atoms with Gasteiger partial charge in [-0.2, -0.15) is 0 Å². The number of hydrogen-bond donors (Lipinski definition) is 0. The molecule has 0 bridgehead atoms. The average Bonchev–Trinajstić information content (AvgIpc) is 2.88. The highest BCUT2D eigenvalue weighted by atomic mass is 16.5. The number of hydrogen-bond acceptors (Lipinski definition) is 1. The van der Waals surface area contributed by atoms with Gasteiger partial charge in [-0.3, -0.25) is 0 Å². The number of allylic oxidation sites excluding steroid dienone is 2. The van der Waals surface area contributed by atoms with Crippen LogP contribution in [-0.2, 0) is 0 Å². The third-order valence-electron chi connectivity index (χ3n) is 5.88. The molecular weight excluding hydrogens is 404 g/mol. The van der Waals surface area contributed by atoms with Crippen molar-refractivity contribution in [3.05, 3.63) is 138 Å². The van der Waals surface area contributed by atoms with Crippen LogP contribution in [0.5, 0.6) is 11.5 Å². The summed E-state index contributed by atoms with van der Waals surface area (Å²) in [4.78, 5) is 0. The van der Waals surface area contributed by atoms with Gasteiger partial charge < -0.3 is 4.74 Å². The van der Waals surface area contributed by atoms with Gasteiger partial charge in [-0.05, 0) is 35.9 Å². The second-order valence-corrected chi connectivity index (χ2v) is 7.96. The summed E-state index contributed by atoms with van der Waals surface area (Å²) in [6.45, 7) is 0. The van der Waals surface area contributed by atoms with E-state index in [4.69, 9.17) is 9.15 Å². The maximum atomic E-state index is 6.21. The van der Waals surface area contributed by atoms with E-state index in [0.29, 0.717) is 0 Å². The molecule has 1 aliphatic heterocycles. The maximum absolute atomic E-state index is 6.21. The first kappa shape index (κ1) is 19.3. The van der Waals surface area contributed by atoms with Gasteiger partial charge in [-0.1, -0.05) is 85.0 Å². The first-order valence-corrected chi connectivity index (χ1v) is 11.0. The summed E-state index contributed by atoms with van der Waals surface area (Å²) in [7, 11) is 0. The highest BCUT2D eigenvalue weighted by molar-refractivity contribution is 5.91. The van der Waals surface area contributed by atoms with E-state index in [1.807, 2.05) is 72.8 Å². The third-order valence-corrected chi connectivity index (χ3v) is 5.88. The minimum atomic E-state index is 0.850. The molecule has 1 aromatic heterocycles. The van der Waals surface area contributed by atoms with Gasteiger partial charge in [0.2, 0.25) is 0 Å². The second kappa shape index (κ2) is 8.25. The van der Waals surface area contributed by atoms with Gasteiger partial charge in [0.1, 0.15) is 11.5 Å². The lowest BCUT2D eigenvalue weighted by Crippen LogP contribution is -2.01. The predicted molar refractivity (Wildman–Crippen MR) is 135 cm³/mol. The molecule has 0 saturated carbocycles. The molecule has 0 spiro atoms. The zero-order chi connectivity index (χ0) is 22.0. The Labute approximate surface area is 192 Å². The van der Waals surface area contributed by atoms with E-state index in [9.17, 15) is 0 Å². The molecule has 2 heterocycles. The molecule has 0 unspecified atom stereocenters. The quantitative estimate of drug-likeness (QED) is 0.265. The van der Waals surface area contributed by atoms with E-state index in [1.165, 1.54) is 0 Å². The molecule has 33 heavy (non-hydrogen) atoms. The summed E-state index contributed by atoms with van der Waals surface area (Å²) in [5.41, 5.74) is 6.38. The van der Waals surface area contributed by atoms with Gasteiger partial charge in [-0.15, -0.1) is 0 Å². The summed E-state index contributed by atoms with van der Waals surface area (Å²) in [5.74, 6) is 2.61. The van der Waals surface area contributed by atoms with Crippen molar-refractivity contribution in [2.75, 3.05) is 0 Å². The fraction of sp³-hybridized carbons (Fsp3) is 0. The third kappa shape index (κ3) is 3.62. The van der Waals surface area contributed by atoms with Crippen LogP contribution < -0.4 is 4.74 Å². The van der Waals surface area contributed by atoms with Crippen molar-refractivity contribution in [2.24, 2.45) is 0 Å². The average molecular weight is 426 g/mol. The zero-order valence-electron chi connectivity index (χ0n) is 17.9. The molecule has 2 heteroatoms. The molecule has 1 aliphatic rings. The number of fused-ring (bicyclic) bond motifs is 3. The maximum Gasteiger partial charge on any atom is 0.361 e. The lowest BCUT2D eigenvalue weighted by atomic mass is 9.93. The number of benzene rings is 4. The van der Waals surface area contributed by atoms with E-state index in [1.54, 1.807) is 0 Å². The molecule has 0 radical (unpaired) electrons. The molecule has 6 rings (SSSR count). The number of para-hydroxylation sites is 3. The van der Waals surface area contributed by atoms with Gasteiger partial charge in [-0.25, -0.2) is 4.42 Å². The molecule has 0 amide bonds. The number of rotatable bonds is 3. The molecule has 0 atom stereocenters. The summed E-state index contributed by atoms with van der Waals surface area (Å²) < 4.78 is 12.3. The van der Waals surface area contributed by atoms with E-state index in [0.717, 1.165) is 56.1 Å². The van der Waals surface area contributed by atoms with Crippen LogP contribution in [0.3, 0.4) is 0 Å². The Morgan fingerprint density at radius 1 is 0.636 bits per heavy atom. The van der Waals surface area contributed by atoms with E-state index >= 15 is 0 Å². The van der Waals surface area contributed by atoms with Crippen LogP contribution in [0.2, 0.25) is 0 Å². The minimum absolute atomic E-state index is 0.850. The van der Waals surface area contributed by atoms with Crippen LogP contribution in [0.4, 0.5) is 0 Å². The molecule has 2 nitrogen and oxygen atoms in total. The minimum Gasteiger partial charge on any atom is -0.456 e. The monoisotopic (exact) mass is 425 g/mol. The largest absolute Gasteiger partial charge is 0.456 e.